The average molecular weight is 473 g/mol. The minimum atomic E-state index is -0.618. The molecule has 1 aliphatic heterocycles. The second-order valence-corrected chi connectivity index (χ2v) is 8.50. The molecule has 0 saturated carbocycles. The zero-order valence-corrected chi connectivity index (χ0v) is 19.6. The minimum absolute atomic E-state index is 0.193. The zero-order valence-electron chi connectivity index (χ0n) is 19.6. The van der Waals surface area contributed by atoms with Crippen LogP contribution >= 0.6 is 0 Å². The number of nitrogens with zero attached hydrogens (tertiary/aromatic N) is 5. The Morgan fingerprint density at radius 3 is 2.66 bits per heavy atom. The third-order valence-corrected chi connectivity index (χ3v) is 6.08. The van der Waals surface area contributed by atoms with Gasteiger partial charge in [-0.25, -0.2) is 4.98 Å². The zero-order chi connectivity index (χ0) is 24.2. The number of rotatable bonds is 9. The third-order valence-electron chi connectivity index (χ3n) is 6.08. The van der Waals surface area contributed by atoms with E-state index in [0.29, 0.717) is 18.4 Å². The van der Waals surface area contributed by atoms with Gasteiger partial charge in [0, 0.05) is 30.9 Å². The molecular formula is C25H28N8O2. The number of nitrogens with two attached hydrogens (primary N) is 1. The van der Waals surface area contributed by atoms with Crippen molar-refractivity contribution in [2.45, 2.75) is 12.8 Å². The highest BCUT2D eigenvalue weighted by molar-refractivity contribution is 6.00. The van der Waals surface area contributed by atoms with E-state index in [9.17, 15) is 4.79 Å². The number of aryl methyl sites for hydroxylation is 1. The fourth-order valence-corrected chi connectivity index (χ4v) is 4.19. The molecule has 1 aliphatic rings. The van der Waals surface area contributed by atoms with Gasteiger partial charge in [0.25, 0.3) is 5.91 Å². The van der Waals surface area contributed by atoms with Crippen LogP contribution in [-0.4, -0.2) is 56.8 Å². The summed E-state index contributed by atoms with van der Waals surface area (Å²) in [6.45, 7) is 3.94. The highest BCUT2D eigenvalue weighted by atomic mass is 16.5. The second kappa shape index (κ2) is 9.98. The van der Waals surface area contributed by atoms with Gasteiger partial charge in [-0.3, -0.25) is 14.4 Å². The van der Waals surface area contributed by atoms with Crippen molar-refractivity contribution < 1.29 is 9.53 Å². The summed E-state index contributed by atoms with van der Waals surface area (Å²) < 4.78 is 7.65. The van der Waals surface area contributed by atoms with Crippen LogP contribution in [0.15, 0.2) is 54.9 Å². The molecule has 0 bridgehead atoms. The lowest BCUT2D eigenvalue weighted by atomic mass is 10.2. The summed E-state index contributed by atoms with van der Waals surface area (Å²) in [5.74, 6) is 0.839. The van der Waals surface area contributed by atoms with Crippen LogP contribution in [-0.2, 0) is 7.05 Å². The maximum atomic E-state index is 12.0. The Hall–Kier alpha value is -4.18. The molecule has 0 radical (unpaired) electrons. The molecule has 35 heavy (non-hydrogen) atoms. The number of hydrogen-bond acceptors (Lipinski definition) is 8. The lowest BCUT2D eigenvalue weighted by Gasteiger charge is -2.15. The van der Waals surface area contributed by atoms with E-state index in [4.69, 9.17) is 10.5 Å². The Kier molecular flexibility index (Phi) is 6.44. The van der Waals surface area contributed by atoms with Crippen LogP contribution < -0.4 is 21.1 Å². The number of primary amides is 1. The second-order valence-electron chi connectivity index (χ2n) is 8.50. The van der Waals surface area contributed by atoms with Gasteiger partial charge in [-0.2, -0.15) is 10.1 Å². The van der Waals surface area contributed by atoms with Gasteiger partial charge in [0.2, 0.25) is 5.95 Å². The van der Waals surface area contributed by atoms with E-state index in [0.717, 1.165) is 47.7 Å². The summed E-state index contributed by atoms with van der Waals surface area (Å²) in [4.78, 5) is 23.2. The Morgan fingerprint density at radius 2 is 1.89 bits per heavy atom. The van der Waals surface area contributed by atoms with Crippen molar-refractivity contribution in [1.82, 2.24) is 24.6 Å². The fourth-order valence-electron chi connectivity index (χ4n) is 4.19. The van der Waals surface area contributed by atoms with Crippen molar-refractivity contribution in [3.8, 4) is 5.75 Å². The first-order valence-corrected chi connectivity index (χ1v) is 11.6. The van der Waals surface area contributed by atoms with Crippen LogP contribution in [0.5, 0.6) is 5.75 Å². The minimum Gasteiger partial charge on any atom is -0.492 e. The van der Waals surface area contributed by atoms with Crippen LogP contribution in [0.25, 0.3) is 10.9 Å². The molecule has 180 valence electrons. The van der Waals surface area contributed by atoms with E-state index in [1.165, 1.54) is 19.0 Å². The molecule has 2 aromatic heterocycles. The van der Waals surface area contributed by atoms with E-state index in [-0.39, 0.29) is 5.56 Å². The first-order chi connectivity index (χ1) is 17.1. The average Bonchev–Trinajstić information content (AvgIpc) is 3.51. The Morgan fingerprint density at radius 1 is 1.09 bits per heavy atom. The molecule has 2 aromatic carbocycles. The van der Waals surface area contributed by atoms with Crippen molar-refractivity contribution in [3.05, 3.63) is 60.4 Å². The fraction of sp³-hybridized carbons (Fsp3) is 0.280. The van der Waals surface area contributed by atoms with Crippen LogP contribution in [0.4, 0.5) is 23.1 Å². The number of aromatic nitrogens is 4. The summed E-state index contributed by atoms with van der Waals surface area (Å²) in [5.41, 5.74) is 8.27. The molecule has 3 heterocycles. The largest absolute Gasteiger partial charge is 0.492 e. The summed E-state index contributed by atoms with van der Waals surface area (Å²) in [7, 11) is 1.87. The van der Waals surface area contributed by atoms with Gasteiger partial charge >= 0.3 is 0 Å². The van der Waals surface area contributed by atoms with Gasteiger partial charge in [-0.05, 0) is 62.3 Å². The van der Waals surface area contributed by atoms with Crippen molar-refractivity contribution in [2.75, 3.05) is 36.9 Å². The number of carbonyl (C=O) groups excluding carboxylic acids is 1. The lowest BCUT2D eigenvalue weighted by Crippen LogP contribution is -2.25. The predicted octanol–water partition coefficient (Wildman–Crippen LogP) is 3.42. The number of carbonyl (C=O) groups is 1. The SMILES string of the molecule is Cn1ncc2c(Nc3nc(Nc4ccc(OCCN5CCCC5)cc4)ncc3C(N)=O)cccc21. The molecule has 1 amide bonds. The summed E-state index contributed by atoms with van der Waals surface area (Å²) in [5, 5.41) is 11.6. The van der Waals surface area contributed by atoms with Crippen LogP contribution in [0, 0.1) is 0 Å². The monoisotopic (exact) mass is 472 g/mol. The smallest absolute Gasteiger partial charge is 0.254 e. The van der Waals surface area contributed by atoms with Crippen molar-refractivity contribution in [1.29, 1.82) is 0 Å². The number of anilines is 4. The number of likely N-dealkylation sites (tertiary alicyclic amines) is 1. The van der Waals surface area contributed by atoms with Gasteiger partial charge in [0.1, 0.15) is 23.7 Å². The normalized spacial score (nSPS) is 13.7. The predicted molar refractivity (Wildman–Crippen MR) is 135 cm³/mol. The van der Waals surface area contributed by atoms with Gasteiger partial charge in [-0.15, -0.1) is 0 Å². The number of fused-ring (bicyclic) bond motifs is 1. The standard InChI is InChI=1S/C25H28N8O2/c1-32-22-6-4-5-21(19(22)16-28-32)30-24-20(23(26)34)15-27-25(31-24)29-17-7-9-18(10-8-17)35-14-13-33-11-2-3-12-33/h4-10,15-16H,2-3,11-14H2,1H3,(H2,26,34)(H2,27,29,30,31). The molecule has 4 aromatic rings. The number of nitrogens with one attached hydrogen (secondary N) is 2. The van der Waals surface area contributed by atoms with E-state index in [2.05, 4.69) is 30.6 Å². The van der Waals surface area contributed by atoms with Gasteiger partial charge in [0.05, 0.1) is 17.4 Å². The van der Waals surface area contributed by atoms with E-state index in [1.54, 1.807) is 10.9 Å². The maximum Gasteiger partial charge on any atom is 0.254 e. The maximum absolute atomic E-state index is 12.0. The Labute approximate surface area is 203 Å². The molecule has 10 nitrogen and oxygen atoms in total. The van der Waals surface area contributed by atoms with E-state index >= 15 is 0 Å². The topological polar surface area (TPSA) is 123 Å². The van der Waals surface area contributed by atoms with Gasteiger partial charge in [0.15, 0.2) is 0 Å². The molecule has 4 N–H and O–H groups in total. The third kappa shape index (κ3) is 5.17. The highest BCUT2D eigenvalue weighted by Gasteiger charge is 2.15. The highest BCUT2D eigenvalue weighted by Crippen LogP contribution is 2.28. The van der Waals surface area contributed by atoms with E-state index < -0.39 is 5.91 Å². The van der Waals surface area contributed by atoms with E-state index in [1.807, 2.05) is 49.5 Å². The summed E-state index contributed by atoms with van der Waals surface area (Å²) in [6.07, 6.45) is 5.73. The van der Waals surface area contributed by atoms with Crippen LogP contribution in [0.1, 0.15) is 23.2 Å². The number of benzene rings is 2. The first-order valence-electron chi connectivity index (χ1n) is 11.6. The molecule has 0 aliphatic carbocycles. The van der Waals surface area contributed by atoms with Gasteiger partial charge in [-0.1, -0.05) is 6.07 Å². The Balaban J connectivity index is 1.29. The molecular weight excluding hydrogens is 444 g/mol. The van der Waals surface area contributed by atoms with Gasteiger partial charge < -0.3 is 21.1 Å². The number of ether oxygens (including phenoxy) is 1. The molecule has 10 heteroatoms. The molecule has 1 saturated heterocycles. The van der Waals surface area contributed by atoms with Crippen LogP contribution in [0.3, 0.4) is 0 Å². The lowest BCUT2D eigenvalue weighted by molar-refractivity contribution is 0.100. The molecule has 0 spiro atoms. The van der Waals surface area contributed by atoms with Crippen molar-refractivity contribution in [2.24, 2.45) is 12.8 Å². The molecule has 1 fully saturated rings. The summed E-state index contributed by atoms with van der Waals surface area (Å²) >= 11 is 0. The quantitative estimate of drug-likeness (QED) is 0.339. The van der Waals surface area contributed by atoms with Crippen molar-refractivity contribution >= 4 is 40.0 Å². The van der Waals surface area contributed by atoms with Crippen molar-refractivity contribution in [3.63, 3.8) is 0 Å². The number of hydrogen-bond donors (Lipinski definition) is 3. The van der Waals surface area contributed by atoms with Crippen LogP contribution in [0.2, 0.25) is 0 Å². The molecule has 0 unspecified atom stereocenters. The molecule has 5 rings (SSSR count). The summed E-state index contributed by atoms with van der Waals surface area (Å²) in [6, 6.07) is 13.4. The molecule has 0 atom stereocenters. The Bertz CT molecular complexity index is 1330. The number of amides is 1. The first kappa shape index (κ1) is 22.6.